The zero-order chi connectivity index (χ0) is 16.9. The summed E-state index contributed by atoms with van der Waals surface area (Å²) >= 11 is 0. The first-order valence-corrected chi connectivity index (χ1v) is 7.67. The monoisotopic (exact) mass is 318 g/mol. The molecule has 0 fully saturated rings. The van der Waals surface area contributed by atoms with E-state index in [1.54, 1.807) is 13.1 Å². The maximum absolute atomic E-state index is 11.7. The van der Waals surface area contributed by atoms with Gasteiger partial charge in [-0.15, -0.1) is 0 Å². The molecule has 0 unspecified atom stereocenters. The number of carbonyl (C=O) groups is 1. The number of imidazole rings is 1. The Morgan fingerprint density at radius 2 is 1.71 bits per heavy atom. The van der Waals surface area contributed by atoms with E-state index in [4.69, 9.17) is 4.74 Å². The van der Waals surface area contributed by atoms with E-state index in [9.17, 15) is 4.79 Å². The summed E-state index contributed by atoms with van der Waals surface area (Å²) in [4.78, 5) is 16.2. The lowest BCUT2D eigenvalue weighted by atomic mass is 10.2. The fraction of sp³-hybridized carbons (Fsp3) is 0.100. The number of rotatable bonds is 5. The summed E-state index contributed by atoms with van der Waals surface area (Å²) in [5, 5.41) is 0. The van der Waals surface area contributed by atoms with Gasteiger partial charge in [0.15, 0.2) is 0 Å². The average molecular weight is 318 g/mol. The zero-order valence-electron chi connectivity index (χ0n) is 13.5. The first-order valence-electron chi connectivity index (χ1n) is 7.67. The summed E-state index contributed by atoms with van der Waals surface area (Å²) in [6.45, 7) is 5.37. The Labute approximate surface area is 141 Å². The Morgan fingerprint density at radius 1 is 1.08 bits per heavy atom. The fourth-order valence-electron chi connectivity index (χ4n) is 2.41. The van der Waals surface area contributed by atoms with E-state index in [-0.39, 0.29) is 6.61 Å². The molecule has 0 N–H and O–H groups in total. The molecule has 0 radical (unpaired) electrons. The summed E-state index contributed by atoms with van der Waals surface area (Å²) < 4.78 is 7.30. The molecule has 4 nitrogen and oxygen atoms in total. The lowest BCUT2D eigenvalue weighted by Crippen LogP contribution is -2.09. The normalized spacial score (nSPS) is 10.4. The van der Waals surface area contributed by atoms with Crippen molar-refractivity contribution >= 4 is 5.97 Å². The van der Waals surface area contributed by atoms with Crippen LogP contribution in [0, 0.1) is 0 Å². The third-order valence-corrected chi connectivity index (χ3v) is 3.58. The molecule has 3 aromatic rings. The molecule has 0 amide bonds. The van der Waals surface area contributed by atoms with Crippen molar-refractivity contribution in [3.8, 4) is 17.1 Å². The third kappa shape index (κ3) is 3.27. The third-order valence-electron chi connectivity index (χ3n) is 3.58. The van der Waals surface area contributed by atoms with Crippen LogP contribution in [-0.2, 0) is 16.1 Å². The predicted molar refractivity (Wildman–Crippen MR) is 93.6 cm³/mol. The van der Waals surface area contributed by atoms with Crippen molar-refractivity contribution in [3.63, 3.8) is 0 Å². The molecule has 3 rings (SSSR count). The van der Waals surface area contributed by atoms with E-state index in [0.29, 0.717) is 5.57 Å². The Hall–Kier alpha value is -3.14. The number of hydrogen-bond donors (Lipinski definition) is 0. The van der Waals surface area contributed by atoms with Crippen LogP contribution in [0.25, 0.3) is 17.1 Å². The number of carbonyl (C=O) groups excluding carboxylic acids is 1. The molecule has 0 aliphatic rings. The molecular formula is C20H18N2O2. The van der Waals surface area contributed by atoms with Crippen molar-refractivity contribution in [2.75, 3.05) is 0 Å². The quantitative estimate of drug-likeness (QED) is 0.524. The minimum Gasteiger partial charge on any atom is -0.456 e. The van der Waals surface area contributed by atoms with Gasteiger partial charge in [-0.2, -0.15) is 0 Å². The first kappa shape index (κ1) is 15.7. The van der Waals surface area contributed by atoms with E-state index >= 15 is 0 Å². The lowest BCUT2D eigenvalue weighted by Gasteiger charge is -2.12. The van der Waals surface area contributed by atoms with Crippen molar-refractivity contribution in [2.45, 2.75) is 13.5 Å². The van der Waals surface area contributed by atoms with Gasteiger partial charge in [-0.3, -0.25) is 4.57 Å². The molecule has 1 heterocycles. The molecule has 0 bridgehead atoms. The van der Waals surface area contributed by atoms with E-state index in [1.165, 1.54) is 0 Å². The highest BCUT2D eigenvalue weighted by atomic mass is 16.5. The van der Waals surface area contributed by atoms with Gasteiger partial charge < -0.3 is 4.74 Å². The first-order chi connectivity index (χ1) is 11.7. The van der Waals surface area contributed by atoms with Crippen LogP contribution in [0.5, 0.6) is 0 Å². The van der Waals surface area contributed by atoms with Gasteiger partial charge in [-0.05, 0) is 19.1 Å². The van der Waals surface area contributed by atoms with Gasteiger partial charge in [0.25, 0.3) is 0 Å². The van der Waals surface area contributed by atoms with E-state index in [0.717, 1.165) is 22.8 Å². The highest BCUT2D eigenvalue weighted by molar-refractivity contribution is 5.86. The molecule has 4 heteroatoms. The van der Waals surface area contributed by atoms with Crippen LogP contribution in [0.15, 0.2) is 79.0 Å². The maximum atomic E-state index is 11.7. The average Bonchev–Trinajstić information content (AvgIpc) is 3.05. The van der Waals surface area contributed by atoms with Gasteiger partial charge in [0.2, 0.25) is 0 Å². The topological polar surface area (TPSA) is 44.1 Å². The summed E-state index contributed by atoms with van der Waals surface area (Å²) in [5.74, 6) is 0.403. The molecule has 0 saturated heterocycles. The van der Waals surface area contributed by atoms with E-state index in [1.807, 2.05) is 65.2 Å². The minimum absolute atomic E-state index is 0.139. The van der Waals surface area contributed by atoms with Crippen LogP contribution in [0.2, 0.25) is 0 Å². The highest BCUT2D eigenvalue weighted by Crippen LogP contribution is 2.24. The van der Waals surface area contributed by atoms with Gasteiger partial charge in [-0.1, -0.05) is 55.1 Å². The molecule has 24 heavy (non-hydrogen) atoms. The van der Waals surface area contributed by atoms with Crippen LogP contribution < -0.4 is 0 Å². The fourth-order valence-corrected chi connectivity index (χ4v) is 2.41. The number of aromatic nitrogens is 2. The minimum atomic E-state index is -0.405. The number of ether oxygens (including phenoxy) is 1. The summed E-state index contributed by atoms with van der Waals surface area (Å²) in [5.41, 5.74) is 3.15. The zero-order valence-corrected chi connectivity index (χ0v) is 13.5. The standard InChI is InChI=1S/C20H18N2O2/c1-15(2)20(23)24-14-18-13-21-19(16-9-5-3-6-10-16)22(18)17-11-7-4-8-12-17/h3-13H,1,14H2,2H3. The SMILES string of the molecule is C=C(C)C(=O)OCc1cnc(-c2ccccc2)n1-c1ccccc1. The van der Waals surface area contributed by atoms with Crippen LogP contribution in [0.4, 0.5) is 0 Å². The van der Waals surface area contributed by atoms with E-state index in [2.05, 4.69) is 11.6 Å². The van der Waals surface area contributed by atoms with Crippen LogP contribution in [0.1, 0.15) is 12.6 Å². The van der Waals surface area contributed by atoms with Gasteiger partial charge >= 0.3 is 5.97 Å². The molecule has 2 aromatic carbocycles. The van der Waals surface area contributed by atoms with E-state index < -0.39 is 5.97 Å². The van der Waals surface area contributed by atoms with Gasteiger partial charge in [-0.25, -0.2) is 9.78 Å². The predicted octanol–water partition coefficient (Wildman–Crippen LogP) is 4.16. The Kier molecular flexibility index (Phi) is 4.57. The lowest BCUT2D eigenvalue weighted by molar-refractivity contribution is -0.140. The highest BCUT2D eigenvalue weighted by Gasteiger charge is 2.15. The van der Waals surface area contributed by atoms with Crippen LogP contribution >= 0.6 is 0 Å². The summed E-state index contributed by atoms with van der Waals surface area (Å²) in [7, 11) is 0. The Bertz CT molecular complexity index is 852. The molecule has 0 spiro atoms. The number of nitrogens with zero attached hydrogens (tertiary/aromatic N) is 2. The second-order valence-electron chi connectivity index (χ2n) is 5.47. The molecule has 120 valence electrons. The van der Waals surface area contributed by atoms with Crippen LogP contribution in [-0.4, -0.2) is 15.5 Å². The summed E-state index contributed by atoms with van der Waals surface area (Å²) in [6.07, 6.45) is 1.74. The molecule has 0 aliphatic heterocycles. The van der Waals surface area contributed by atoms with Crippen molar-refractivity contribution in [3.05, 3.63) is 84.7 Å². The van der Waals surface area contributed by atoms with Crippen molar-refractivity contribution in [1.29, 1.82) is 0 Å². The van der Waals surface area contributed by atoms with Crippen molar-refractivity contribution in [1.82, 2.24) is 9.55 Å². The molecule has 1 aromatic heterocycles. The smallest absolute Gasteiger partial charge is 0.333 e. The largest absolute Gasteiger partial charge is 0.456 e. The molecule has 0 aliphatic carbocycles. The second kappa shape index (κ2) is 6.96. The number of para-hydroxylation sites is 1. The second-order valence-corrected chi connectivity index (χ2v) is 5.47. The van der Waals surface area contributed by atoms with Gasteiger partial charge in [0.05, 0.1) is 11.9 Å². The number of hydrogen-bond acceptors (Lipinski definition) is 3. The molecule has 0 saturated carbocycles. The Morgan fingerprint density at radius 3 is 2.33 bits per heavy atom. The molecule has 0 atom stereocenters. The number of esters is 1. The number of benzene rings is 2. The van der Waals surface area contributed by atoms with Gasteiger partial charge in [0.1, 0.15) is 12.4 Å². The summed E-state index contributed by atoms with van der Waals surface area (Å²) in [6, 6.07) is 19.8. The van der Waals surface area contributed by atoms with Gasteiger partial charge in [0, 0.05) is 16.8 Å². The Balaban J connectivity index is 2.02. The molecular weight excluding hydrogens is 300 g/mol. The van der Waals surface area contributed by atoms with Crippen molar-refractivity contribution < 1.29 is 9.53 Å². The maximum Gasteiger partial charge on any atom is 0.333 e. The van der Waals surface area contributed by atoms with Crippen molar-refractivity contribution in [2.24, 2.45) is 0 Å². The van der Waals surface area contributed by atoms with Crippen LogP contribution in [0.3, 0.4) is 0 Å².